The van der Waals surface area contributed by atoms with E-state index in [1.165, 1.54) is 25.7 Å². The molecule has 5 heteroatoms. The fourth-order valence-electron chi connectivity index (χ4n) is 2.15. The second kappa shape index (κ2) is 6.26. The Balaban J connectivity index is 1.94. The molecule has 5 nitrogen and oxygen atoms in total. The summed E-state index contributed by atoms with van der Waals surface area (Å²) >= 11 is 0. The largest absolute Gasteiger partial charge is 0.353 e. The van der Waals surface area contributed by atoms with E-state index in [0.29, 0.717) is 6.04 Å². The van der Waals surface area contributed by atoms with Crippen molar-refractivity contribution in [3.63, 3.8) is 0 Å². The molecule has 19 heavy (non-hydrogen) atoms. The number of aliphatic imine (C=N–C) groups is 1. The second-order valence-corrected chi connectivity index (χ2v) is 6.02. The highest BCUT2D eigenvalue weighted by molar-refractivity contribution is 5.85. The van der Waals surface area contributed by atoms with Gasteiger partial charge in [0.25, 0.3) is 0 Å². The van der Waals surface area contributed by atoms with Crippen molar-refractivity contribution in [1.82, 2.24) is 15.1 Å². The van der Waals surface area contributed by atoms with Gasteiger partial charge in [0.05, 0.1) is 0 Å². The molecule has 1 heterocycles. The standard InChI is InChI=1S/C14H26N4O/c1-11-6-8-18(9-7-11)14(16-12-4-5-12)15-10-13(19)17(2)3/h11-12H,4-10H2,1-3H3,(H,15,16). The number of rotatable bonds is 3. The third kappa shape index (κ3) is 4.40. The van der Waals surface area contributed by atoms with E-state index in [2.05, 4.69) is 22.1 Å². The molecule has 0 aromatic rings. The molecule has 1 N–H and O–H groups in total. The first kappa shape index (κ1) is 14.2. The molecule has 0 unspecified atom stereocenters. The van der Waals surface area contributed by atoms with Crippen LogP contribution in [0.4, 0.5) is 0 Å². The smallest absolute Gasteiger partial charge is 0.243 e. The Morgan fingerprint density at radius 3 is 2.42 bits per heavy atom. The van der Waals surface area contributed by atoms with Crippen LogP contribution in [0.25, 0.3) is 0 Å². The molecule has 1 aliphatic heterocycles. The Bertz CT molecular complexity index is 341. The lowest BCUT2D eigenvalue weighted by Crippen LogP contribution is -2.46. The Kier molecular flexibility index (Phi) is 4.66. The minimum atomic E-state index is 0.0560. The molecule has 1 saturated carbocycles. The number of nitrogens with one attached hydrogen (secondary N) is 1. The summed E-state index contributed by atoms with van der Waals surface area (Å²) in [4.78, 5) is 20.1. The number of carbonyl (C=O) groups is 1. The van der Waals surface area contributed by atoms with Crippen molar-refractivity contribution in [2.24, 2.45) is 10.9 Å². The predicted molar refractivity (Wildman–Crippen MR) is 77.1 cm³/mol. The number of guanidine groups is 1. The van der Waals surface area contributed by atoms with Crippen LogP contribution in [-0.2, 0) is 4.79 Å². The molecule has 1 saturated heterocycles. The molecular weight excluding hydrogens is 240 g/mol. The Morgan fingerprint density at radius 2 is 1.89 bits per heavy atom. The number of likely N-dealkylation sites (N-methyl/N-ethyl adjacent to an activating group) is 1. The van der Waals surface area contributed by atoms with Crippen LogP contribution in [0.2, 0.25) is 0 Å². The van der Waals surface area contributed by atoms with Crippen LogP contribution < -0.4 is 5.32 Å². The maximum Gasteiger partial charge on any atom is 0.243 e. The Morgan fingerprint density at radius 1 is 1.26 bits per heavy atom. The van der Waals surface area contributed by atoms with Gasteiger partial charge in [-0.1, -0.05) is 6.92 Å². The monoisotopic (exact) mass is 266 g/mol. The van der Waals surface area contributed by atoms with Gasteiger partial charge in [-0.3, -0.25) is 4.79 Å². The second-order valence-electron chi connectivity index (χ2n) is 6.02. The fourth-order valence-corrected chi connectivity index (χ4v) is 2.15. The van der Waals surface area contributed by atoms with Crippen LogP contribution in [0.5, 0.6) is 0 Å². The summed E-state index contributed by atoms with van der Waals surface area (Å²) in [6, 6.07) is 0.576. The zero-order valence-corrected chi connectivity index (χ0v) is 12.4. The summed E-state index contributed by atoms with van der Waals surface area (Å²) in [7, 11) is 3.54. The van der Waals surface area contributed by atoms with E-state index in [0.717, 1.165) is 25.0 Å². The number of likely N-dealkylation sites (tertiary alicyclic amines) is 1. The quantitative estimate of drug-likeness (QED) is 0.610. The molecule has 0 atom stereocenters. The van der Waals surface area contributed by atoms with Crippen LogP contribution in [0, 0.1) is 5.92 Å². The van der Waals surface area contributed by atoms with Crippen molar-refractivity contribution in [1.29, 1.82) is 0 Å². The van der Waals surface area contributed by atoms with Crippen LogP contribution in [-0.4, -0.2) is 61.4 Å². The molecule has 1 aliphatic carbocycles. The maximum atomic E-state index is 11.7. The van der Waals surface area contributed by atoms with E-state index in [4.69, 9.17) is 0 Å². The van der Waals surface area contributed by atoms with E-state index in [1.54, 1.807) is 19.0 Å². The number of hydrogen-bond donors (Lipinski definition) is 1. The van der Waals surface area contributed by atoms with Crippen molar-refractivity contribution in [3.05, 3.63) is 0 Å². The van der Waals surface area contributed by atoms with E-state index in [9.17, 15) is 4.79 Å². The molecule has 0 bridgehead atoms. The minimum Gasteiger partial charge on any atom is -0.353 e. The highest BCUT2D eigenvalue weighted by Gasteiger charge is 2.26. The SMILES string of the molecule is CC1CCN(C(=NCC(=O)N(C)C)NC2CC2)CC1. The van der Waals surface area contributed by atoms with Crippen molar-refractivity contribution >= 4 is 11.9 Å². The Labute approximate surface area is 116 Å². The highest BCUT2D eigenvalue weighted by Crippen LogP contribution is 2.21. The number of hydrogen-bond acceptors (Lipinski definition) is 2. The number of piperidine rings is 1. The molecule has 0 aromatic heterocycles. The predicted octanol–water partition coefficient (Wildman–Crippen LogP) is 0.914. The van der Waals surface area contributed by atoms with Gasteiger partial charge in [0.1, 0.15) is 6.54 Å². The summed E-state index contributed by atoms with van der Waals surface area (Å²) in [6.07, 6.45) is 4.88. The van der Waals surface area contributed by atoms with Crippen LogP contribution in [0.1, 0.15) is 32.6 Å². The van der Waals surface area contributed by atoms with Crippen molar-refractivity contribution in [3.8, 4) is 0 Å². The first-order valence-corrected chi connectivity index (χ1v) is 7.32. The summed E-state index contributed by atoms with van der Waals surface area (Å²) in [5, 5.41) is 3.47. The molecule has 2 fully saturated rings. The number of carbonyl (C=O) groups excluding carboxylic acids is 1. The van der Waals surface area contributed by atoms with E-state index in [1.807, 2.05) is 0 Å². The maximum absolute atomic E-state index is 11.7. The van der Waals surface area contributed by atoms with Gasteiger partial charge in [-0.15, -0.1) is 0 Å². The summed E-state index contributed by atoms with van der Waals surface area (Å²) < 4.78 is 0. The summed E-state index contributed by atoms with van der Waals surface area (Å²) in [5.41, 5.74) is 0. The molecular formula is C14H26N4O. The van der Waals surface area contributed by atoms with Gasteiger partial charge in [0.2, 0.25) is 5.91 Å². The minimum absolute atomic E-state index is 0.0560. The van der Waals surface area contributed by atoms with Gasteiger partial charge in [-0.05, 0) is 31.6 Å². The van der Waals surface area contributed by atoms with Crippen molar-refractivity contribution < 1.29 is 4.79 Å². The zero-order valence-electron chi connectivity index (χ0n) is 12.4. The van der Waals surface area contributed by atoms with Gasteiger partial charge < -0.3 is 15.1 Å². The normalized spacial score (nSPS) is 21.4. The molecule has 2 rings (SSSR count). The number of amides is 1. The number of nitrogens with zero attached hydrogens (tertiary/aromatic N) is 3. The first-order valence-electron chi connectivity index (χ1n) is 7.32. The fraction of sp³-hybridized carbons (Fsp3) is 0.857. The van der Waals surface area contributed by atoms with E-state index >= 15 is 0 Å². The average Bonchev–Trinajstić information content (AvgIpc) is 3.19. The lowest BCUT2D eigenvalue weighted by molar-refractivity contribution is -0.127. The molecule has 108 valence electrons. The highest BCUT2D eigenvalue weighted by atomic mass is 16.2. The van der Waals surface area contributed by atoms with Crippen molar-refractivity contribution in [2.75, 3.05) is 33.7 Å². The van der Waals surface area contributed by atoms with Gasteiger partial charge >= 0.3 is 0 Å². The topological polar surface area (TPSA) is 47.9 Å². The summed E-state index contributed by atoms with van der Waals surface area (Å²) in [5.74, 6) is 1.80. The molecule has 0 spiro atoms. The van der Waals surface area contributed by atoms with Crippen molar-refractivity contribution in [2.45, 2.75) is 38.6 Å². The van der Waals surface area contributed by atoms with E-state index in [-0.39, 0.29) is 12.5 Å². The average molecular weight is 266 g/mol. The Hall–Kier alpha value is -1.26. The molecule has 2 aliphatic rings. The van der Waals surface area contributed by atoms with Gasteiger partial charge in [-0.2, -0.15) is 0 Å². The molecule has 1 amide bonds. The zero-order chi connectivity index (χ0) is 13.8. The lowest BCUT2D eigenvalue weighted by atomic mass is 10.00. The van der Waals surface area contributed by atoms with Crippen LogP contribution in [0.15, 0.2) is 4.99 Å². The third-order valence-corrected chi connectivity index (χ3v) is 3.86. The molecule has 0 radical (unpaired) electrons. The third-order valence-electron chi connectivity index (χ3n) is 3.86. The first-order chi connectivity index (χ1) is 9.06. The van der Waals surface area contributed by atoms with Gasteiger partial charge in [0, 0.05) is 33.2 Å². The van der Waals surface area contributed by atoms with Crippen LogP contribution >= 0.6 is 0 Å². The van der Waals surface area contributed by atoms with E-state index < -0.39 is 0 Å². The molecule has 0 aromatic carbocycles. The van der Waals surface area contributed by atoms with Gasteiger partial charge in [0.15, 0.2) is 5.96 Å². The lowest BCUT2D eigenvalue weighted by Gasteiger charge is -2.33. The summed E-state index contributed by atoms with van der Waals surface area (Å²) in [6.45, 7) is 4.65. The van der Waals surface area contributed by atoms with Crippen LogP contribution in [0.3, 0.4) is 0 Å². The van der Waals surface area contributed by atoms with Gasteiger partial charge in [-0.25, -0.2) is 4.99 Å².